The smallest absolute Gasteiger partial charge is 0.353 e. The quantitative estimate of drug-likeness (QED) is 0.771. The molecular weight excluding hydrogens is 341 g/mol. The molecule has 2 heterocycles. The van der Waals surface area contributed by atoms with E-state index in [1.165, 1.54) is 4.68 Å². The van der Waals surface area contributed by atoms with Crippen LogP contribution in [0.2, 0.25) is 0 Å². The molecular formula is C15H17F3N4O3. The molecule has 1 aromatic rings. The minimum Gasteiger partial charge on any atom is -0.353 e. The molecule has 1 N–H and O–H groups in total. The molecule has 1 saturated carbocycles. The van der Waals surface area contributed by atoms with Crippen LogP contribution in [0.4, 0.5) is 13.2 Å². The molecule has 1 saturated heterocycles. The minimum atomic E-state index is -4.51. The highest BCUT2D eigenvalue weighted by molar-refractivity contribution is 6.04. The van der Waals surface area contributed by atoms with Crippen molar-refractivity contribution in [2.24, 2.45) is 0 Å². The Hall–Kier alpha value is -2.39. The molecule has 0 radical (unpaired) electrons. The summed E-state index contributed by atoms with van der Waals surface area (Å²) in [7, 11) is 0. The van der Waals surface area contributed by atoms with Crippen molar-refractivity contribution in [1.29, 1.82) is 0 Å². The van der Waals surface area contributed by atoms with Gasteiger partial charge in [0.25, 0.3) is 0 Å². The van der Waals surface area contributed by atoms with Crippen molar-refractivity contribution in [3.05, 3.63) is 17.5 Å². The van der Waals surface area contributed by atoms with Gasteiger partial charge >= 0.3 is 6.18 Å². The van der Waals surface area contributed by atoms with Crippen LogP contribution in [0.3, 0.4) is 0 Å². The Kier molecular flexibility index (Phi) is 4.53. The fourth-order valence-corrected chi connectivity index (χ4v) is 2.76. The first-order valence-corrected chi connectivity index (χ1v) is 8.00. The molecule has 0 unspecified atom stereocenters. The number of aromatic nitrogens is 2. The van der Waals surface area contributed by atoms with E-state index < -0.39 is 29.6 Å². The van der Waals surface area contributed by atoms with Gasteiger partial charge in [-0.2, -0.15) is 18.3 Å². The van der Waals surface area contributed by atoms with E-state index in [9.17, 15) is 27.6 Å². The number of hydrogen-bond acceptors (Lipinski definition) is 4. The lowest BCUT2D eigenvalue weighted by Crippen LogP contribution is -2.40. The molecule has 10 heteroatoms. The van der Waals surface area contributed by atoms with Gasteiger partial charge in [0.1, 0.15) is 6.54 Å². The second-order valence-corrected chi connectivity index (χ2v) is 6.17. The number of nitrogens with zero attached hydrogens (tertiary/aromatic N) is 3. The Morgan fingerprint density at radius 3 is 2.44 bits per heavy atom. The minimum absolute atomic E-state index is 0.0632. The molecule has 0 bridgehead atoms. The molecule has 3 rings (SSSR count). The van der Waals surface area contributed by atoms with E-state index in [1.54, 1.807) is 0 Å². The second kappa shape index (κ2) is 6.49. The third kappa shape index (κ3) is 3.99. The van der Waals surface area contributed by atoms with Gasteiger partial charge in [-0.05, 0) is 18.9 Å². The molecule has 2 aliphatic rings. The lowest BCUT2D eigenvalue weighted by atomic mass is 10.2. The molecule has 0 atom stereocenters. The maximum absolute atomic E-state index is 12.8. The highest BCUT2D eigenvalue weighted by Crippen LogP contribution is 2.42. The van der Waals surface area contributed by atoms with Crippen LogP contribution in [0.25, 0.3) is 0 Å². The van der Waals surface area contributed by atoms with Crippen LogP contribution in [-0.4, -0.2) is 45.5 Å². The third-order valence-corrected chi connectivity index (χ3v) is 4.20. The fourth-order valence-electron chi connectivity index (χ4n) is 2.76. The van der Waals surface area contributed by atoms with E-state index >= 15 is 0 Å². The summed E-state index contributed by atoms with van der Waals surface area (Å²) in [6.45, 7) is -0.205. The van der Waals surface area contributed by atoms with Crippen LogP contribution >= 0.6 is 0 Å². The average molecular weight is 358 g/mol. The highest BCUT2D eigenvalue weighted by Gasteiger charge is 2.37. The number of likely N-dealkylation sites (tertiary alicyclic amines) is 1. The van der Waals surface area contributed by atoms with Gasteiger partial charge in [-0.15, -0.1) is 0 Å². The number of alkyl halides is 3. The van der Waals surface area contributed by atoms with Crippen LogP contribution in [0, 0.1) is 0 Å². The largest absolute Gasteiger partial charge is 0.435 e. The van der Waals surface area contributed by atoms with Gasteiger partial charge in [0, 0.05) is 31.0 Å². The molecule has 25 heavy (non-hydrogen) atoms. The van der Waals surface area contributed by atoms with Gasteiger partial charge in [-0.25, -0.2) is 0 Å². The molecule has 7 nitrogen and oxygen atoms in total. The number of halogens is 3. The molecule has 2 fully saturated rings. The average Bonchev–Trinajstić information content (AvgIpc) is 3.21. The maximum atomic E-state index is 12.8. The predicted molar refractivity (Wildman–Crippen MR) is 78.2 cm³/mol. The molecule has 1 aliphatic heterocycles. The van der Waals surface area contributed by atoms with E-state index in [0.717, 1.165) is 23.8 Å². The summed E-state index contributed by atoms with van der Waals surface area (Å²) in [5, 5.41) is 6.10. The summed E-state index contributed by atoms with van der Waals surface area (Å²) in [4.78, 5) is 35.6. The normalized spacial score (nSPS) is 18.1. The Bertz CT molecular complexity index is 693. The number of carbonyl (C=O) groups excluding carboxylic acids is 3. The van der Waals surface area contributed by atoms with Gasteiger partial charge in [0.15, 0.2) is 5.69 Å². The summed E-state index contributed by atoms with van der Waals surface area (Å²) in [6, 6.07) is 1.06. The lowest BCUT2D eigenvalue weighted by Gasteiger charge is -2.14. The zero-order valence-corrected chi connectivity index (χ0v) is 13.3. The number of carbonyl (C=O) groups is 3. The van der Waals surface area contributed by atoms with Crippen LogP contribution in [-0.2, 0) is 27.1 Å². The first kappa shape index (κ1) is 17.4. The van der Waals surface area contributed by atoms with Crippen LogP contribution in [0.5, 0.6) is 0 Å². The number of rotatable bonds is 6. The zero-order chi connectivity index (χ0) is 18.2. The predicted octanol–water partition coefficient (Wildman–Crippen LogP) is 1.04. The van der Waals surface area contributed by atoms with Crippen molar-refractivity contribution in [2.75, 3.05) is 13.1 Å². The molecule has 1 aromatic heterocycles. The first-order valence-electron chi connectivity index (χ1n) is 8.00. The summed E-state index contributed by atoms with van der Waals surface area (Å²) >= 11 is 0. The van der Waals surface area contributed by atoms with E-state index in [4.69, 9.17) is 0 Å². The maximum Gasteiger partial charge on any atom is 0.435 e. The summed E-state index contributed by atoms with van der Waals surface area (Å²) in [5.41, 5.74) is -0.416. The Morgan fingerprint density at radius 1 is 1.24 bits per heavy atom. The van der Waals surface area contributed by atoms with Crippen molar-refractivity contribution in [1.82, 2.24) is 20.0 Å². The monoisotopic (exact) mass is 358 g/mol. The van der Waals surface area contributed by atoms with Gasteiger partial charge in [0.2, 0.25) is 17.7 Å². The molecule has 0 aromatic carbocycles. The SMILES string of the molecule is O=C(CN1C(=O)CCC1=O)NCCn1nc(C(F)(F)F)cc1C1CC1. The number of amides is 3. The van der Waals surface area contributed by atoms with Crippen LogP contribution in [0.1, 0.15) is 43.0 Å². The Balaban J connectivity index is 1.55. The summed E-state index contributed by atoms with van der Waals surface area (Å²) in [6.07, 6.45) is -2.65. The fraction of sp³-hybridized carbons (Fsp3) is 0.600. The zero-order valence-electron chi connectivity index (χ0n) is 13.3. The molecule has 0 spiro atoms. The van der Waals surface area contributed by atoms with Crippen LogP contribution in [0.15, 0.2) is 6.07 Å². The van der Waals surface area contributed by atoms with Crippen molar-refractivity contribution in [3.8, 4) is 0 Å². The van der Waals surface area contributed by atoms with Gasteiger partial charge < -0.3 is 5.32 Å². The number of hydrogen-bond donors (Lipinski definition) is 1. The highest BCUT2D eigenvalue weighted by atomic mass is 19.4. The van der Waals surface area contributed by atoms with E-state index in [2.05, 4.69) is 10.4 Å². The van der Waals surface area contributed by atoms with Crippen molar-refractivity contribution in [3.63, 3.8) is 0 Å². The molecule has 1 aliphatic carbocycles. The Morgan fingerprint density at radius 2 is 1.88 bits per heavy atom. The van der Waals surface area contributed by atoms with Gasteiger partial charge in [-0.3, -0.25) is 24.0 Å². The number of nitrogens with one attached hydrogen (secondary N) is 1. The summed E-state index contributed by atoms with van der Waals surface area (Å²) < 4.78 is 39.7. The van der Waals surface area contributed by atoms with E-state index in [-0.39, 0.29) is 38.4 Å². The second-order valence-electron chi connectivity index (χ2n) is 6.17. The first-order chi connectivity index (χ1) is 11.8. The number of imide groups is 1. The summed E-state index contributed by atoms with van der Waals surface area (Å²) in [5.74, 6) is -1.23. The molecule has 3 amide bonds. The van der Waals surface area contributed by atoms with Crippen molar-refractivity contribution < 1.29 is 27.6 Å². The van der Waals surface area contributed by atoms with Crippen LogP contribution < -0.4 is 5.32 Å². The van der Waals surface area contributed by atoms with E-state index in [1.807, 2.05) is 0 Å². The standard InChI is InChI=1S/C15H17F3N4O3/c16-15(17,18)11-7-10(9-1-2-9)22(20-11)6-5-19-12(23)8-21-13(24)3-4-14(21)25/h7,9H,1-6,8H2,(H,19,23). The third-order valence-electron chi connectivity index (χ3n) is 4.20. The van der Waals surface area contributed by atoms with Gasteiger partial charge in [0.05, 0.1) is 6.54 Å². The van der Waals surface area contributed by atoms with Crippen molar-refractivity contribution >= 4 is 17.7 Å². The van der Waals surface area contributed by atoms with Crippen molar-refractivity contribution in [2.45, 2.75) is 44.3 Å². The topological polar surface area (TPSA) is 84.3 Å². The van der Waals surface area contributed by atoms with E-state index in [0.29, 0.717) is 5.69 Å². The lowest BCUT2D eigenvalue weighted by molar-refractivity contribution is -0.142. The Labute approximate surface area is 141 Å². The molecule has 136 valence electrons. The van der Waals surface area contributed by atoms with Gasteiger partial charge in [-0.1, -0.05) is 0 Å².